The van der Waals surface area contributed by atoms with Gasteiger partial charge < -0.3 is 14.6 Å². The second-order valence-corrected chi connectivity index (χ2v) is 7.34. The molecule has 0 spiro atoms. The van der Waals surface area contributed by atoms with E-state index in [9.17, 15) is 9.59 Å². The molecule has 0 unspecified atom stereocenters. The maximum absolute atomic E-state index is 12.2. The fourth-order valence-corrected chi connectivity index (χ4v) is 3.57. The Hall–Kier alpha value is -1.92. The van der Waals surface area contributed by atoms with Crippen molar-refractivity contribution in [2.24, 2.45) is 0 Å². The number of nitrogens with one attached hydrogen (secondary N) is 1. The zero-order valence-electron chi connectivity index (χ0n) is 13.6. The van der Waals surface area contributed by atoms with Crippen molar-refractivity contribution in [3.05, 3.63) is 53.4 Å². The van der Waals surface area contributed by atoms with Crippen LogP contribution in [0.2, 0.25) is 5.02 Å². The molecule has 0 saturated carbocycles. The number of hydrogen-bond acceptors (Lipinski definition) is 4. The first kappa shape index (κ1) is 17.9. The van der Waals surface area contributed by atoms with Gasteiger partial charge in [0, 0.05) is 29.0 Å². The van der Waals surface area contributed by atoms with Gasteiger partial charge in [-0.05, 0) is 49.2 Å². The molecule has 1 aliphatic rings. The number of carbonyl (C=O) groups excluding carboxylic acids is 2. The van der Waals surface area contributed by atoms with Crippen molar-refractivity contribution in [2.45, 2.75) is 23.8 Å². The lowest BCUT2D eigenvalue weighted by Gasteiger charge is -2.31. The zero-order valence-corrected chi connectivity index (χ0v) is 15.2. The summed E-state index contributed by atoms with van der Waals surface area (Å²) >= 11 is 7.33. The topological polar surface area (TPSA) is 62.6 Å². The summed E-state index contributed by atoms with van der Waals surface area (Å²) in [4.78, 5) is 27.1. The monoisotopic (exact) mass is 378 g/mol. The van der Waals surface area contributed by atoms with Gasteiger partial charge in [0.05, 0.1) is 12.0 Å². The number of halogens is 1. The predicted molar refractivity (Wildman–Crippen MR) is 98.0 cm³/mol. The SMILES string of the molecule is O=C(CSc1ccc(Cl)cc1)NC1CCN(C(=O)c2ccco2)CC1. The number of piperidine rings is 1. The average Bonchev–Trinajstić information content (AvgIpc) is 3.16. The van der Waals surface area contributed by atoms with Gasteiger partial charge in [-0.25, -0.2) is 0 Å². The number of thioether (sulfide) groups is 1. The summed E-state index contributed by atoms with van der Waals surface area (Å²) < 4.78 is 5.15. The number of carbonyl (C=O) groups is 2. The van der Waals surface area contributed by atoms with E-state index in [0.717, 1.165) is 17.7 Å². The highest BCUT2D eigenvalue weighted by Gasteiger charge is 2.25. The van der Waals surface area contributed by atoms with E-state index < -0.39 is 0 Å². The Morgan fingerprint density at radius 2 is 1.92 bits per heavy atom. The molecule has 2 aromatic rings. The van der Waals surface area contributed by atoms with Crippen molar-refractivity contribution in [1.82, 2.24) is 10.2 Å². The Morgan fingerprint density at radius 3 is 2.56 bits per heavy atom. The summed E-state index contributed by atoms with van der Waals surface area (Å²) in [5.74, 6) is 0.651. The highest BCUT2D eigenvalue weighted by atomic mass is 35.5. The summed E-state index contributed by atoms with van der Waals surface area (Å²) in [7, 11) is 0. The number of furan rings is 1. The normalized spacial score (nSPS) is 15.2. The van der Waals surface area contributed by atoms with Crippen LogP contribution < -0.4 is 5.32 Å². The molecule has 0 bridgehead atoms. The van der Waals surface area contributed by atoms with Crippen LogP contribution in [-0.2, 0) is 4.79 Å². The quantitative estimate of drug-likeness (QED) is 0.809. The smallest absolute Gasteiger partial charge is 0.289 e. The van der Waals surface area contributed by atoms with E-state index in [0.29, 0.717) is 29.6 Å². The van der Waals surface area contributed by atoms with Gasteiger partial charge >= 0.3 is 0 Å². The van der Waals surface area contributed by atoms with Gasteiger partial charge in [0.1, 0.15) is 0 Å². The van der Waals surface area contributed by atoms with E-state index >= 15 is 0 Å². The molecule has 25 heavy (non-hydrogen) atoms. The Kier molecular flexibility index (Phi) is 6.04. The molecule has 1 fully saturated rings. The number of likely N-dealkylation sites (tertiary alicyclic amines) is 1. The molecule has 132 valence electrons. The number of benzene rings is 1. The lowest BCUT2D eigenvalue weighted by molar-refractivity contribution is -0.119. The molecular weight excluding hydrogens is 360 g/mol. The average molecular weight is 379 g/mol. The number of nitrogens with zero attached hydrogens (tertiary/aromatic N) is 1. The lowest BCUT2D eigenvalue weighted by atomic mass is 10.0. The number of rotatable bonds is 5. The summed E-state index contributed by atoms with van der Waals surface area (Å²) in [5.41, 5.74) is 0. The van der Waals surface area contributed by atoms with Gasteiger partial charge in [0.15, 0.2) is 5.76 Å². The van der Waals surface area contributed by atoms with Crippen LogP contribution in [-0.4, -0.2) is 41.6 Å². The Morgan fingerprint density at radius 1 is 1.20 bits per heavy atom. The van der Waals surface area contributed by atoms with Crippen LogP contribution in [0.25, 0.3) is 0 Å². The summed E-state index contributed by atoms with van der Waals surface area (Å²) in [6, 6.07) is 10.9. The van der Waals surface area contributed by atoms with Crippen molar-refractivity contribution in [3.63, 3.8) is 0 Å². The largest absolute Gasteiger partial charge is 0.459 e. The molecule has 3 rings (SSSR count). The van der Waals surface area contributed by atoms with E-state index in [1.54, 1.807) is 17.0 Å². The van der Waals surface area contributed by atoms with Crippen molar-refractivity contribution in [1.29, 1.82) is 0 Å². The number of hydrogen-bond donors (Lipinski definition) is 1. The Bertz CT molecular complexity index is 710. The first-order valence-electron chi connectivity index (χ1n) is 8.12. The molecular formula is C18H19ClN2O3S. The second-order valence-electron chi connectivity index (χ2n) is 5.85. The highest BCUT2D eigenvalue weighted by Crippen LogP contribution is 2.20. The minimum Gasteiger partial charge on any atom is -0.459 e. The second kappa shape index (κ2) is 8.45. The van der Waals surface area contributed by atoms with Crippen molar-refractivity contribution >= 4 is 35.2 Å². The molecule has 0 aliphatic carbocycles. The molecule has 0 atom stereocenters. The van der Waals surface area contributed by atoms with E-state index in [1.165, 1.54) is 18.0 Å². The first-order chi connectivity index (χ1) is 12.1. The fraction of sp³-hybridized carbons (Fsp3) is 0.333. The van der Waals surface area contributed by atoms with Crippen molar-refractivity contribution in [2.75, 3.05) is 18.8 Å². The van der Waals surface area contributed by atoms with Crippen LogP contribution in [0.1, 0.15) is 23.4 Å². The van der Waals surface area contributed by atoms with E-state index in [-0.39, 0.29) is 17.9 Å². The zero-order chi connectivity index (χ0) is 17.6. The molecule has 0 radical (unpaired) electrons. The minimum atomic E-state index is -0.0897. The van der Waals surface area contributed by atoms with Gasteiger partial charge in [-0.3, -0.25) is 9.59 Å². The third kappa shape index (κ3) is 5.03. The maximum atomic E-state index is 12.2. The maximum Gasteiger partial charge on any atom is 0.289 e. The van der Waals surface area contributed by atoms with Crippen LogP contribution in [0.3, 0.4) is 0 Å². The fourth-order valence-electron chi connectivity index (χ4n) is 2.73. The van der Waals surface area contributed by atoms with Gasteiger partial charge in [-0.15, -0.1) is 11.8 Å². The molecule has 2 heterocycles. The molecule has 5 nitrogen and oxygen atoms in total. The van der Waals surface area contributed by atoms with Crippen LogP contribution >= 0.6 is 23.4 Å². The molecule has 1 aromatic carbocycles. The Labute approximate surface area is 155 Å². The third-order valence-corrected chi connectivity index (χ3v) is 5.33. The summed E-state index contributed by atoms with van der Waals surface area (Å²) in [5, 5.41) is 3.73. The third-order valence-electron chi connectivity index (χ3n) is 4.06. The minimum absolute atomic E-state index is 0.00996. The van der Waals surface area contributed by atoms with Gasteiger partial charge in [0.25, 0.3) is 5.91 Å². The van der Waals surface area contributed by atoms with Crippen LogP contribution in [0.4, 0.5) is 0 Å². The molecule has 1 N–H and O–H groups in total. The van der Waals surface area contributed by atoms with Gasteiger partial charge in [-0.2, -0.15) is 0 Å². The van der Waals surface area contributed by atoms with Gasteiger partial charge in [0.2, 0.25) is 5.91 Å². The van der Waals surface area contributed by atoms with Crippen LogP contribution in [0, 0.1) is 0 Å². The summed E-state index contributed by atoms with van der Waals surface area (Å²) in [6.45, 7) is 1.24. The standard InChI is InChI=1S/C18H19ClN2O3S/c19-13-3-5-15(6-4-13)25-12-17(22)20-14-7-9-21(10-8-14)18(23)16-2-1-11-24-16/h1-6,11,14H,7-10,12H2,(H,20,22). The highest BCUT2D eigenvalue weighted by molar-refractivity contribution is 8.00. The molecule has 1 saturated heterocycles. The lowest BCUT2D eigenvalue weighted by Crippen LogP contribution is -2.46. The van der Waals surface area contributed by atoms with E-state index in [2.05, 4.69) is 5.32 Å². The molecule has 7 heteroatoms. The molecule has 2 amide bonds. The van der Waals surface area contributed by atoms with E-state index in [4.69, 9.17) is 16.0 Å². The van der Waals surface area contributed by atoms with Crippen molar-refractivity contribution in [3.8, 4) is 0 Å². The predicted octanol–water partition coefficient (Wildman–Crippen LogP) is 3.45. The van der Waals surface area contributed by atoms with Crippen molar-refractivity contribution < 1.29 is 14.0 Å². The van der Waals surface area contributed by atoms with E-state index in [1.807, 2.05) is 24.3 Å². The molecule has 1 aliphatic heterocycles. The molecule has 1 aromatic heterocycles. The summed E-state index contributed by atoms with van der Waals surface area (Å²) in [6.07, 6.45) is 3.01. The first-order valence-corrected chi connectivity index (χ1v) is 9.48. The van der Waals surface area contributed by atoms with Crippen LogP contribution in [0.15, 0.2) is 52.0 Å². The van der Waals surface area contributed by atoms with Crippen LogP contribution in [0.5, 0.6) is 0 Å². The van der Waals surface area contributed by atoms with Gasteiger partial charge in [-0.1, -0.05) is 11.6 Å². The Balaban J connectivity index is 1.40. The number of amides is 2.